The number of benzene rings is 1. The van der Waals surface area contributed by atoms with Gasteiger partial charge in [-0.15, -0.1) is 11.3 Å². The average molecular weight is 429 g/mol. The van der Waals surface area contributed by atoms with Gasteiger partial charge >= 0.3 is 0 Å². The predicted octanol–water partition coefficient (Wildman–Crippen LogP) is 6.24. The second-order valence-electron chi connectivity index (χ2n) is 6.50. The van der Waals surface area contributed by atoms with Crippen molar-refractivity contribution in [2.45, 2.75) is 40.0 Å². The standard InChI is InChI=1S/C19H19ClN4S.C4H10/c1-3-22-19(21-2)18-15(10-13-4-6-16(20)7-5-13)11-17(25-18)14-8-9-23-24-12-14;1-3-4-2/h4-9,11-12H,3,10H2,1-2H3,(H,21,22);3-4H2,1-2H3. The summed E-state index contributed by atoms with van der Waals surface area (Å²) in [7, 11) is 1.82. The van der Waals surface area contributed by atoms with Crippen molar-refractivity contribution in [1.82, 2.24) is 15.5 Å². The fourth-order valence-electron chi connectivity index (χ4n) is 2.59. The van der Waals surface area contributed by atoms with Crippen LogP contribution in [-0.2, 0) is 6.42 Å². The van der Waals surface area contributed by atoms with Crippen LogP contribution < -0.4 is 5.32 Å². The summed E-state index contributed by atoms with van der Waals surface area (Å²) >= 11 is 7.72. The summed E-state index contributed by atoms with van der Waals surface area (Å²) in [5.41, 5.74) is 3.52. The van der Waals surface area contributed by atoms with Crippen LogP contribution in [0.2, 0.25) is 5.02 Å². The topological polar surface area (TPSA) is 50.2 Å². The highest BCUT2D eigenvalue weighted by Gasteiger charge is 2.15. The first-order valence-electron chi connectivity index (χ1n) is 9.98. The molecule has 0 radical (unpaired) electrons. The Hall–Kier alpha value is -2.24. The van der Waals surface area contributed by atoms with Gasteiger partial charge in [-0.25, -0.2) is 0 Å². The monoisotopic (exact) mass is 428 g/mol. The molecule has 0 saturated carbocycles. The number of aliphatic imine (C=N–C) groups is 1. The molecule has 4 nitrogen and oxygen atoms in total. The SMILES string of the molecule is CCCC.CCNC(=NC)c1sc(-c2ccnnc2)cc1Cc1ccc(Cl)cc1. The Labute approximate surface area is 183 Å². The van der Waals surface area contributed by atoms with E-state index in [9.17, 15) is 0 Å². The van der Waals surface area contributed by atoms with Crippen molar-refractivity contribution < 1.29 is 0 Å². The summed E-state index contributed by atoms with van der Waals surface area (Å²) < 4.78 is 0. The number of thiophene rings is 1. The predicted molar refractivity (Wildman–Crippen MR) is 126 cm³/mol. The van der Waals surface area contributed by atoms with E-state index >= 15 is 0 Å². The van der Waals surface area contributed by atoms with Crippen LogP contribution in [0.1, 0.15) is 49.6 Å². The highest BCUT2D eigenvalue weighted by atomic mass is 35.5. The number of nitrogens with one attached hydrogen (secondary N) is 1. The minimum atomic E-state index is 0.751. The third-order valence-electron chi connectivity index (χ3n) is 4.27. The first-order chi connectivity index (χ1) is 14.1. The summed E-state index contributed by atoms with van der Waals surface area (Å²) in [5.74, 6) is 0.921. The van der Waals surface area contributed by atoms with Crippen molar-refractivity contribution >= 4 is 28.8 Å². The summed E-state index contributed by atoms with van der Waals surface area (Å²) in [6.07, 6.45) is 6.97. The van der Waals surface area contributed by atoms with E-state index in [-0.39, 0.29) is 0 Å². The lowest BCUT2D eigenvalue weighted by molar-refractivity contribution is 0.886. The van der Waals surface area contributed by atoms with Crippen LogP contribution in [0.25, 0.3) is 10.4 Å². The van der Waals surface area contributed by atoms with E-state index in [4.69, 9.17) is 11.6 Å². The van der Waals surface area contributed by atoms with Gasteiger partial charge in [0.2, 0.25) is 0 Å². The highest BCUT2D eigenvalue weighted by Crippen LogP contribution is 2.32. The molecule has 0 amide bonds. The largest absolute Gasteiger partial charge is 0.369 e. The van der Waals surface area contributed by atoms with Gasteiger partial charge < -0.3 is 5.32 Å². The smallest absolute Gasteiger partial charge is 0.138 e. The van der Waals surface area contributed by atoms with Gasteiger partial charge in [0.15, 0.2) is 0 Å². The Morgan fingerprint density at radius 1 is 1.07 bits per heavy atom. The third kappa shape index (κ3) is 6.94. The molecule has 6 heteroatoms. The first-order valence-corrected chi connectivity index (χ1v) is 11.2. The van der Waals surface area contributed by atoms with Gasteiger partial charge in [0.05, 0.1) is 17.3 Å². The number of hydrogen-bond acceptors (Lipinski definition) is 4. The molecule has 154 valence electrons. The Morgan fingerprint density at radius 2 is 1.79 bits per heavy atom. The molecule has 29 heavy (non-hydrogen) atoms. The van der Waals surface area contributed by atoms with Crippen molar-refractivity contribution in [2.75, 3.05) is 13.6 Å². The maximum atomic E-state index is 6.00. The van der Waals surface area contributed by atoms with Gasteiger partial charge in [0, 0.05) is 29.1 Å². The van der Waals surface area contributed by atoms with Crippen molar-refractivity contribution in [3.63, 3.8) is 0 Å². The summed E-state index contributed by atoms with van der Waals surface area (Å²) in [4.78, 5) is 6.76. The van der Waals surface area contributed by atoms with Crippen LogP contribution >= 0.6 is 22.9 Å². The third-order valence-corrected chi connectivity index (χ3v) is 5.75. The molecule has 1 aromatic carbocycles. The highest BCUT2D eigenvalue weighted by molar-refractivity contribution is 7.17. The van der Waals surface area contributed by atoms with Crippen LogP contribution in [0.15, 0.2) is 53.8 Å². The van der Waals surface area contributed by atoms with E-state index in [1.54, 1.807) is 23.7 Å². The van der Waals surface area contributed by atoms with Gasteiger partial charge in [-0.3, -0.25) is 4.99 Å². The van der Waals surface area contributed by atoms with Gasteiger partial charge in [-0.1, -0.05) is 50.4 Å². The molecule has 0 saturated heterocycles. The van der Waals surface area contributed by atoms with Gasteiger partial charge in [-0.05, 0) is 48.7 Å². The Bertz CT molecular complexity index is 887. The lowest BCUT2D eigenvalue weighted by Crippen LogP contribution is -2.24. The number of aromatic nitrogens is 2. The van der Waals surface area contributed by atoms with E-state index in [1.165, 1.54) is 24.0 Å². The van der Waals surface area contributed by atoms with E-state index in [1.807, 2.05) is 25.2 Å². The summed E-state index contributed by atoms with van der Waals surface area (Å²) in [5, 5.41) is 12.0. The second kappa shape index (κ2) is 12.3. The van der Waals surface area contributed by atoms with Gasteiger partial charge in [0.1, 0.15) is 5.84 Å². The van der Waals surface area contributed by atoms with E-state index in [0.717, 1.165) is 39.1 Å². The molecular weight excluding hydrogens is 400 g/mol. The Morgan fingerprint density at radius 3 is 2.34 bits per heavy atom. The molecule has 0 fully saturated rings. The number of amidine groups is 1. The Kier molecular flexibility index (Phi) is 9.81. The molecule has 0 spiro atoms. The number of hydrogen-bond donors (Lipinski definition) is 1. The zero-order valence-corrected chi connectivity index (χ0v) is 19.1. The lowest BCUT2D eigenvalue weighted by Gasteiger charge is -2.08. The van der Waals surface area contributed by atoms with Gasteiger partial charge in [0.25, 0.3) is 0 Å². The van der Waals surface area contributed by atoms with Crippen molar-refractivity contribution in [3.8, 4) is 10.4 Å². The molecular formula is C23H29ClN4S. The zero-order valence-electron chi connectivity index (χ0n) is 17.6. The number of unbranched alkanes of at least 4 members (excludes halogenated alkanes) is 1. The van der Waals surface area contributed by atoms with Crippen LogP contribution in [0.4, 0.5) is 0 Å². The van der Waals surface area contributed by atoms with E-state index < -0.39 is 0 Å². The van der Waals surface area contributed by atoms with Crippen LogP contribution in [-0.4, -0.2) is 29.6 Å². The van der Waals surface area contributed by atoms with Crippen LogP contribution in [0, 0.1) is 0 Å². The molecule has 3 rings (SSSR count). The molecule has 0 atom stereocenters. The number of halogens is 1. The van der Waals surface area contributed by atoms with Crippen molar-refractivity contribution in [3.05, 3.63) is 69.8 Å². The molecule has 0 bridgehead atoms. The normalized spacial score (nSPS) is 11.0. The molecule has 0 unspecified atom stereocenters. The second-order valence-corrected chi connectivity index (χ2v) is 7.99. The maximum absolute atomic E-state index is 6.00. The maximum Gasteiger partial charge on any atom is 0.138 e. The Balaban J connectivity index is 0.000000687. The van der Waals surface area contributed by atoms with Crippen LogP contribution in [0.3, 0.4) is 0 Å². The van der Waals surface area contributed by atoms with Gasteiger partial charge in [-0.2, -0.15) is 10.2 Å². The van der Waals surface area contributed by atoms with Crippen molar-refractivity contribution in [1.29, 1.82) is 0 Å². The van der Waals surface area contributed by atoms with Crippen LogP contribution in [0.5, 0.6) is 0 Å². The minimum absolute atomic E-state index is 0.751. The van der Waals surface area contributed by atoms with Crippen molar-refractivity contribution in [2.24, 2.45) is 4.99 Å². The average Bonchev–Trinajstić information content (AvgIpc) is 3.18. The lowest BCUT2D eigenvalue weighted by atomic mass is 10.0. The summed E-state index contributed by atoms with van der Waals surface area (Å²) in [6.45, 7) is 7.27. The molecule has 0 aliphatic heterocycles. The van der Waals surface area contributed by atoms with E-state index in [0.29, 0.717) is 0 Å². The first kappa shape index (κ1) is 23.0. The minimum Gasteiger partial charge on any atom is -0.369 e. The molecule has 2 aromatic heterocycles. The fraction of sp³-hybridized carbons (Fsp3) is 0.348. The fourth-order valence-corrected chi connectivity index (χ4v) is 3.90. The van der Waals surface area contributed by atoms with E-state index in [2.05, 4.69) is 59.5 Å². The summed E-state index contributed by atoms with van der Waals surface area (Å²) in [6, 6.07) is 12.2. The molecule has 0 aliphatic rings. The zero-order chi connectivity index (χ0) is 21.1. The molecule has 2 heterocycles. The molecule has 3 aromatic rings. The number of rotatable bonds is 6. The quantitative estimate of drug-likeness (QED) is 0.373. The molecule has 1 N–H and O–H groups in total. The molecule has 0 aliphatic carbocycles. The number of nitrogens with zero attached hydrogens (tertiary/aromatic N) is 3.